The zero-order valence-corrected chi connectivity index (χ0v) is 14.9. The van der Waals surface area contributed by atoms with E-state index in [0.29, 0.717) is 25.0 Å². The minimum Gasteiger partial charge on any atom is -0.379 e. The number of nitrogens with one attached hydrogen (secondary N) is 2. The van der Waals surface area contributed by atoms with Crippen molar-refractivity contribution in [1.82, 2.24) is 15.8 Å². The van der Waals surface area contributed by atoms with Gasteiger partial charge in [-0.05, 0) is 11.3 Å². The van der Waals surface area contributed by atoms with Crippen LogP contribution >= 0.6 is 0 Å². The van der Waals surface area contributed by atoms with Crippen LogP contribution in [0.25, 0.3) is 0 Å². The van der Waals surface area contributed by atoms with E-state index in [1.54, 1.807) is 14.2 Å². The summed E-state index contributed by atoms with van der Waals surface area (Å²) in [7, 11) is 3.48. The van der Waals surface area contributed by atoms with E-state index in [9.17, 15) is 0 Å². The molecule has 0 bridgehead atoms. The van der Waals surface area contributed by atoms with Crippen LogP contribution < -0.4 is 10.6 Å². The lowest BCUT2D eigenvalue weighted by Crippen LogP contribution is -2.45. The van der Waals surface area contributed by atoms with Crippen LogP contribution in [0.4, 0.5) is 0 Å². The molecule has 6 nitrogen and oxygen atoms in total. The normalized spacial score (nSPS) is 14.3. The first kappa shape index (κ1) is 18.5. The van der Waals surface area contributed by atoms with Crippen molar-refractivity contribution in [2.24, 2.45) is 10.4 Å². The second-order valence-electron chi connectivity index (χ2n) is 6.77. The summed E-state index contributed by atoms with van der Waals surface area (Å²) in [6.45, 7) is 11.9. The monoisotopic (exact) mass is 310 g/mol. The summed E-state index contributed by atoms with van der Waals surface area (Å²) in [5.41, 5.74) is 1.03. The largest absolute Gasteiger partial charge is 0.379 e. The smallest absolute Gasteiger partial charge is 0.191 e. The van der Waals surface area contributed by atoms with E-state index < -0.39 is 0 Å². The van der Waals surface area contributed by atoms with Gasteiger partial charge in [0.15, 0.2) is 11.7 Å². The van der Waals surface area contributed by atoms with Crippen LogP contribution in [0, 0.1) is 5.41 Å². The lowest BCUT2D eigenvalue weighted by atomic mass is 9.89. The summed E-state index contributed by atoms with van der Waals surface area (Å²) in [5.74, 6) is 1.88. The predicted octanol–water partition coefficient (Wildman–Crippen LogP) is 2.52. The molecule has 126 valence electrons. The Morgan fingerprint density at radius 3 is 2.50 bits per heavy atom. The Morgan fingerprint density at radius 2 is 2.05 bits per heavy atom. The summed E-state index contributed by atoms with van der Waals surface area (Å²) < 4.78 is 10.8. The Morgan fingerprint density at radius 1 is 1.36 bits per heavy atom. The first-order chi connectivity index (χ1) is 10.3. The molecular weight excluding hydrogens is 280 g/mol. The van der Waals surface area contributed by atoms with Gasteiger partial charge in [0.05, 0.1) is 18.3 Å². The lowest BCUT2D eigenvalue weighted by Gasteiger charge is -2.30. The third kappa shape index (κ3) is 5.67. The predicted molar refractivity (Wildman–Crippen MR) is 89.0 cm³/mol. The van der Waals surface area contributed by atoms with Crippen LogP contribution in [0.1, 0.15) is 52.0 Å². The standard InChI is InChI=1S/C16H30N4O2/c1-11(2)13-8-12(22-20-13)9-18-15(17-6)19-10-14(21-7)16(3,4)5/h8,11,14H,9-10H2,1-7H3,(H2,17,18,19). The molecule has 0 saturated carbocycles. The second kappa shape index (κ2) is 8.17. The molecule has 1 aromatic heterocycles. The molecule has 0 aliphatic rings. The molecule has 1 heterocycles. The van der Waals surface area contributed by atoms with E-state index in [0.717, 1.165) is 11.5 Å². The molecule has 0 aliphatic carbocycles. The zero-order chi connectivity index (χ0) is 16.8. The molecule has 2 N–H and O–H groups in total. The van der Waals surface area contributed by atoms with Gasteiger partial charge < -0.3 is 19.9 Å². The topological polar surface area (TPSA) is 71.7 Å². The number of hydrogen-bond acceptors (Lipinski definition) is 4. The number of aromatic nitrogens is 1. The van der Waals surface area contributed by atoms with Gasteiger partial charge in [-0.2, -0.15) is 0 Å². The van der Waals surface area contributed by atoms with Gasteiger partial charge in [0.2, 0.25) is 0 Å². The molecule has 1 aromatic rings. The molecule has 0 aromatic carbocycles. The Kier molecular flexibility index (Phi) is 6.87. The van der Waals surface area contributed by atoms with Gasteiger partial charge >= 0.3 is 0 Å². The van der Waals surface area contributed by atoms with Gasteiger partial charge in [0, 0.05) is 26.8 Å². The third-order valence-electron chi connectivity index (χ3n) is 3.53. The van der Waals surface area contributed by atoms with Crippen molar-refractivity contribution in [2.75, 3.05) is 20.7 Å². The number of nitrogens with zero attached hydrogens (tertiary/aromatic N) is 2. The Balaban J connectivity index is 2.48. The number of guanidine groups is 1. The van der Waals surface area contributed by atoms with E-state index in [1.807, 2.05) is 6.07 Å². The van der Waals surface area contributed by atoms with Crippen molar-refractivity contribution in [2.45, 2.75) is 53.2 Å². The summed E-state index contributed by atoms with van der Waals surface area (Å²) >= 11 is 0. The van der Waals surface area contributed by atoms with Gasteiger partial charge in [0.1, 0.15) is 0 Å². The quantitative estimate of drug-likeness (QED) is 0.624. The van der Waals surface area contributed by atoms with Crippen LogP contribution in [0.15, 0.2) is 15.6 Å². The van der Waals surface area contributed by atoms with Crippen molar-refractivity contribution in [3.05, 3.63) is 17.5 Å². The molecule has 0 saturated heterocycles. The Hall–Kier alpha value is -1.56. The number of ether oxygens (including phenoxy) is 1. The SMILES string of the molecule is CN=C(NCc1cc(C(C)C)no1)NCC(OC)C(C)(C)C. The maximum absolute atomic E-state index is 5.53. The summed E-state index contributed by atoms with van der Waals surface area (Å²) in [5, 5.41) is 10.5. The second-order valence-corrected chi connectivity index (χ2v) is 6.77. The van der Waals surface area contributed by atoms with Crippen LogP contribution in [0.2, 0.25) is 0 Å². The Bertz CT molecular complexity index is 475. The first-order valence-corrected chi connectivity index (χ1v) is 7.70. The molecular formula is C16H30N4O2. The van der Waals surface area contributed by atoms with Gasteiger partial charge in [-0.15, -0.1) is 0 Å². The van der Waals surface area contributed by atoms with Crippen molar-refractivity contribution in [3.8, 4) is 0 Å². The fourth-order valence-corrected chi connectivity index (χ4v) is 2.01. The number of aliphatic imine (C=N–C) groups is 1. The fourth-order valence-electron chi connectivity index (χ4n) is 2.01. The van der Waals surface area contributed by atoms with Crippen LogP contribution in [0.5, 0.6) is 0 Å². The molecule has 6 heteroatoms. The van der Waals surface area contributed by atoms with Crippen molar-refractivity contribution >= 4 is 5.96 Å². The fraction of sp³-hybridized carbons (Fsp3) is 0.750. The van der Waals surface area contributed by atoms with E-state index >= 15 is 0 Å². The Labute approximate surface area is 133 Å². The minimum absolute atomic E-state index is 0.0672. The molecule has 1 atom stereocenters. The molecule has 0 spiro atoms. The summed E-state index contributed by atoms with van der Waals surface area (Å²) in [6, 6.07) is 1.97. The van der Waals surface area contributed by atoms with Gasteiger partial charge in [0.25, 0.3) is 0 Å². The maximum atomic E-state index is 5.53. The van der Waals surface area contributed by atoms with Crippen molar-refractivity contribution in [1.29, 1.82) is 0 Å². The van der Waals surface area contributed by atoms with Gasteiger partial charge in [-0.3, -0.25) is 4.99 Å². The van der Waals surface area contributed by atoms with Crippen LogP contribution in [-0.2, 0) is 11.3 Å². The average molecular weight is 310 g/mol. The molecule has 1 rings (SSSR count). The van der Waals surface area contributed by atoms with Crippen LogP contribution in [0.3, 0.4) is 0 Å². The molecule has 0 radical (unpaired) electrons. The minimum atomic E-state index is 0.0672. The highest BCUT2D eigenvalue weighted by Crippen LogP contribution is 2.20. The van der Waals surface area contributed by atoms with E-state index in [4.69, 9.17) is 9.26 Å². The average Bonchev–Trinajstić information content (AvgIpc) is 2.90. The highest BCUT2D eigenvalue weighted by Gasteiger charge is 2.24. The molecule has 1 unspecified atom stereocenters. The number of rotatable bonds is 6. The lowest BCUT2D eigenvalue weighted by molar-refractivity contribution is 0.0205. The van der Waals surface area contributed by atoms with E-state index in [2.05, 4.69) is 55.4 Å². The summed E-state index contributed by atoms with van der Waals surface area (Å²) in [4.78, 5) is 4.21. The number of hydrogen-bond donors (Lipinski definition) is 2. The van der Waals surface area contributed by atoms with Crippen molar-refractivity contribution < 1.29 is 9.26 Å². The molecule has 22 heavy (non-hydrogen) atoms. The van der Waals surface area contributed by atoms with Gasteiger partial charge in [-0.1, -0.05) is 39.8 Å². The third-order valence-corrected chi connectivity index (χ3v) is 3.53. The molecule has 0 amide bonds. The van der Waals surface area contributed by atoms with Crippen molar-refractivity contribution in [3.63, 3.8) is 0 Å². The van der Waals surface area contributed by atoms with E-state index in [-0.39, 0.29) is 11.5 Å². The van der Waals surface area contributed by atoms with Gasteiger partial charge in [-0.25, -0.2) is 0 Å². The van der Waals surface area contributed by atoms with Crippen LogP contribution in [-0.4, -0.2) is 37.9 Å². The zero-order valence-electron chi connectivity index (χ0n) is 14.9. The first-order valence-electron chi connectivity index (χ1n) is 7.70. The highest BCUT2D eigenvalue weighted by molar-refractivity contribution is 5.79. The molecule has 0 aliphatic heterocycles. The number of methoxy groups -OCH3 is 1. The van der Waals surface area contributed by atoms with E-state index in [1.165, 1.54) is 0 Å². The maximum Gasteiger partial charge on any atom is 0.191 e. The molecule has 0 fully saturated rings. The highest BCUT2D eigenvalue weighted by atomic mass is 16.5. The summed E-state index contributed by atoms with van der Waals surface area (Å²) in [6.07, 6.45) is 0.101.